The van der Waals surface area contributed by atoms with Crippen molar-refractivity contribution < 1.29 is 19.1 Å². The third kappa shape index (κ3) is 2.76. The van der Waals surface area contributed by atoms with E-state index in [1.165, 1.54) is 12.8 Å². The van der Waals surface area contributed by atoms with Gasteiger partial charge in [-0.15, -0.1) is 0 Å². The molecule has 6 unspecified atom stereocenters. The predicted molar refractivity (Wildman–Crippen MR) is 112 cm³/mol. The maximum Gasteiger partial charge on any atom is 0.334 e. The Morgan fingerprint density at radius 2 is 1.28 bits per heavy atom. The molecular formula is C25H38O4. The molecule has 162 valence electrons. The minimum absolute atomic E-state index is 0.0113. The molecule has 4 fully saturated rings. The Kier molecular flexibility index (Phi) is 4.58. The monoisotopic (exact) mass is 402 g/mol. The molecule has 0 N–H and O–H groups in total. The average molecular weight is 403 g/mol. The lowest BCUT2D eigenvalue weighted by Gasteiger charge is -2.38. The van der Waals surface area contributed by atoms with Crippen molar-refractivity contribution in [2.24, 2.45) is 33.5 Å². The summed E-state index contributed by atoms with van der Waals surface area (Å²) in [6.07, 6.45) is 6.26. The van der Waals surface area contributed by atoms with Crippen LogP contribution in [0.1, 0.15) is 86.5 Å². The molecule has 4 nitrogen and oxygen atoms in total. The SMILES string of the molecule is C=C(CC(=O)OC1CC2CCC1(C)C2(C)C)C(=O)OC1CC2CCC1(C)C2(C)C. The molecular weight excluding hydrogens is 364 g/mol. The second kappa shape index (κ2) is 6.34. The highest BCUT2D eigenvalue weighted by Crippen LogP contribution is 2.67. The van der Waals surface area contributed by atoms with Gasteiger partial charge in [-0.2, -0.15) is 0 Å². The van der Waals surface area contributed by atoms with E-state index in [0.29, 0.717) is 11.8 Å². The molecule has 0 saturated heterocycles. The zero-order chi connectivity index (χ0) is 21.4. The van der Waals surface area contributed by atoms with Crippen molar-refractivity contribution in [1.29, 1.82) is 0 Å². The van der Waals surface area contributed by atoms with Crippen LogP contribution in [0.4, 0.5) is 0 Å². The third-order valence-electron chi connectivity index (χ3n) is 10.6. The third-order valence-corrected chi connectivity index (χ3v) is 10.6. The van der Waals surface area contributed by atoms with Crippen LogP contribution >= 0.6 is 0 Å². The van der Waals surface area contributed by atoms with Gasteiger partial charge in [0.15, 0.2) is 0 Å². The molecule has 4 saturated carbocycles. The van der Waals surface area contributed by atoms with Crippen LogP contribution in [0.25, 0.3) is 0 Å². The molecule has 4 aliphatic carbocycles. The molecule has 0 aliphatic heterocycles. The van der Waals surface area contributed by atoms with Crippen LogP contribution in [0.5, 0.6) is 0 Å². The molecule has 0 heterocycles. The lowest BCUT2D eigenvalue weighted by atomic mass is 9.70. The second-order valence-corrected chi connectivity index (χ2v) is 11.9. The zero-order valence-electron chi connectivity index (χ0n) is 19.1. The van der Waals surface area contributed by atoms with E-state index in [-0.39, 0.29) is 51.8 Å². The lowest BCUT2D eigenvalue weighted by Crippen LogP contribution is -2.39. The number of hydrogen-bond donors (Lipinski definition) is 0. The molecule has 4 aliphatic rings. The summed E-state index contributed by atoms with van der Waals surface area (Å²) in [4.78, 5) is 25.2. The fourth-order valence-electron chi connectivity index (χ4n) is 7.28. The molecule has 0 amide bonds. The Bertz CT molecular complexity index is 750. The summed E-state index contributed by atoms with van der Waals surface area (Å²) in [7, 11) is 0. The predicted octanol–water partition coefficient (Wildman–Crippen LogP) is 5.45. The molecule has 0 spiro atoms. The topological polar surface area (TPSA) is 52.6 Å². The highest BCUT2D eigenvalue weighted by Gasteiger charge is 2.64. The van der Waals surface area contributed by atoms with E-state index in [1.807, 2.05) is 0 Å². The molecule has 29 heavy (non-hydrogen) atoms. The van der Waals surface area contributed by atoms with Gasteiger partial charge in [0.2, 0.25) is 0 Å². The fourth-order valence-corrected chi connectivity index (χ4v) is 7.28. The van der Waals surface area contributed by atoms with E-state index in [9.17, 15) is 9.59 Å². The van der Waals surface area contributed by atoms with Crippen LogP contribution < -0.4 is 0 Å². The number of esters is 2. The minimum Gasteiger partial charge on any atom is -0.462 e. The van der Waals surface area contributed by atoms with Crippen molar-refractivity contribution in [3.63, 3.8) is 0 Å². The van der Waals surface area contributed by atoms with E-state index < -0.39 is 5.97 Å². The van der Waals surface area contributed by atoms with Gasteiger partial charge in [-0.05, 0) is 61.2 Å². The van der Waals surface area contributed by atoms with Gasteiger partial charge >= 0.3 is 11.9 Å². The van der Waals surface area contributed by atoms with Crippen LogP contribution in [0.3, 0.4) is 0 Å². The zero-order valence-corrected chi connectivity index (χ0v) is 19.1. The Balaban J connectivity index is 1.32. The molecule has 4 rings (SSSR count). The van der Waals surface area contributed by atoms with Gasteiger partial charge in [-0.1, -0.05) is 48.1 Å². The Morgan fingerprint density at radius 1 is 0.828 bits per heavy atom. The van der Waals surface area contributed by atoms with E-state index >= 15 is 0 Å². The van der Waals surface area contributed by atoms with Gasteiger partial charge in [0.1, 0.15) is 12.2 Å². The Labute approximate surface area is 175 Å². The first kappa shape index (κ1) is 20.9. The normalized spacial score (nSPS) is 43.4. The number of hydrogen-bond acceptors (Lipinski definition) is 4. The fraction of sp³-hybridized carbons (Fsp3) is 0.840. The maximum absolute atomic E-state index is 12.7. The molecule has 0 aromatic rings. The summed E-state index contributed by atoms with van der Waals surface area (Å²) in [6, 6.07) is 0. The molecule has 0 aromatic carbocycles. The second-order valence-electron chi connectivity index (χ2n) is 11.9. The van der Waals surface area contributed by atoms with E-state index in [0.717, 1.165) is 25.7 Å². The lowest BCUT2D eigenvalue weighted by molar-refractivity contribution is -0.159. The molecule has 4 bridgehead atoms. The standard InChI is InChI=1S/C25H38O4/c1-15(21(27)29-19-14-17-9-11-25(19,7)23(17,4)5)12-20(26)28-18-13-16-8-10-24(18,6)22(16,2)3/h16-19H,1,8-14H2,2-7H3. The van der Waals surface area contributed by atoms with Crippen molar-refractivity contribution in [3.05, 3.63) is 12.2 Å². The number of fused-ring (bicyclic) bond motifs is 4. The molecule has 0 aromatic heterocycles. The maximum atomic E-state index is 12.7. The van der Waals surface area contributed by atoms with Crippen LogP contribution in [0, 0.1) is 33.5 Å². The van der Waals surface area contributed by atoms with Crippen molar-refractivity contribution in [1.82, 2.24) is 0 Å². The van der Waals surface area contributed by atoms with Gasteiger partial charge in [-0.3, -0.25) is 4.79 Å². The van der Waals surface area contributed by atoms with Crippen molar-refractivity contribution in [3.8, 4) is 0 Å². The summed E-state index contributed by atoms with van der Waals surface area (Å²) >= 11 is 0. The quantitative estimate of drug-likeness (QED) is 0.453. The highest BCUT2D eigenvalue weighted by atomic mass is 16.6. The largest absolute Gasteiger partial charge is 0.462 e. The molecule has 6 atom stereocenters. The van der Waals surface area contributed by atoms with E-state index in [2.05, 4.69) is 48.1 Å². The van der Waals surface area contributed by atoms with Crippen LogP contribution in [0.2, 0.25) is 0 Å². The number of carbonyl (C=O) groups excluding carboxylic acids is 2. The smallest absolute Gasteiger partial charge is 0.334 e. The number of rotatable bonds is 5. The van der Waals surface area contributed by atoms with Crippen LogP contribution in [-0.2, 0) is 19.1 Å². The van der Waals surface area contributed by atoms with E-state index in [1.54, 1.807) is 0 Å². The van der Waals surface area contributed by atoms with E-state index in [4.69, 9.17) is 9.47 Å². The molecule has 4 heteroatoms. The van der Waals surface area contributed by atoms with Gasteiger partial charge in [0, 0.05) is 16.4 Å². The molecule has 0 radical (unpaired) electrons. The first-order valence-corrected chi connectivity index (χ1v) is 11.4. The Hall–Kier alpha value is -1.32. The number of carbonyl (C=O) groups is 2. The van der Waals surface area contributed by atoms with Gasteiger partial charge < -0.3 is 9.47 Å². The van der Waals surface area contributed by atoms with Crippen LogP contribution in [0.15, 0.2) is 12.2 Å². The summed E-state index contributed by atoms with van der Waals surface area (Å²) < 4.78 is 11.7. The average Bonchev–Trinajstić information content (AvgIpc) is 3.13. The number of ether oxygens (including phenoxy) is 2. The summed E-state index contributed by atoms with van der Waals surface area (Å²) in [5.74, 6) is 0.433. The minimum atomic E-state index is -0.434. The summed E-state index contributed by atoms with van der Waals surface area (Å²) in [5.41, 5.74) is 0.627. The van der Waals surface area contributed by atoms with Gasteiger partial charge in [-0.25, -0.2) is 4.79 Å². The summed E-state index contributed by atoms with van der Waals surface area (Å²) in [5, 5.41) is 0. The van der Waals surface area contributed by atoms with Crippen LogP contribution in [-0.4, -0.2) is 24.1 Å². The highest BCUT2D eigenvalue weighted by molar-refractivity contribution is 5.93. The van der Waals surface area contributed by atoms with Crippen molar-refractivity contribution in [2.75, 3.05) is 0 Å². The van der Waals surface area contributed by atoms with Gasteiger partial charge in [0.25, 0.3) is 0 Å². The first-order chi connectivity index (χ1) is 13.3. The van der Waals surface area contributed by atoms with Gasteiger partial charge in [0.05, 0.1) is 6.42 Å². The Morgan fingerprint density at radius 3 is 1.66 bits per heavy atom. The first-order valence-electron chi connectivity index (χ1n) is 11.4. The van der Waals surface area contributed by atoms with Crippen molar-refractivity contribution in [2.45, 2.75) is 98.7 Å². The van der Waals surface area contributed by atoms with Crippen molar-refractivity contribution >= 4 is 11.9 Å². The summed E-state index contributed by atoms with van der Waals surface area (Å²) in [6.45, 7) is 17.5.